The van der Waals surface area contributed by atoms with Gasteiger partial charge in [0.2, 0.25) is 5.78 Å². The quantitative estimate of drug-likeness (QED) is 0.434. The first kappa shape index (κ1) is 14.5. The standard InChI is InChI=1S/C10H7IOS.C2H6/c1-8-2-4-9(5-3-8)10(12)6-7-13-11;1-2/h2-5H,1H3;1-2H3. The van der Waals surface area contributed by atoms with Gasteiger partial charge in [-0.1, -0.05) is 43.7 Å². The minimum Gasteiger partial charge on any atom is -0.279 e. The Labute approximate surface area is 108 Å². The highest BCUT2D eigenvalue weighted by Crippen LogP contribution is 2.08. The van der Waals surface area contributed by atoms with Crippen LogP contribution < -0.4 is 0 Å². The van der Waals surface area contributed by atoms with Crippen LogP contribution in [0.5, 0.6) is 0 Å². The molecule has 80 valence electrons. The van der Waals surface area contributed by atoms with Crippen LogP contribution in [-0.4, -0.2) is 5.78 Å². The second-order valence-corrected chi connectivity index (χ2v) is 4.18. The summed E-state index contributed by atoms with van der Waals surface area (Å²) in [7, 11) is 1.32. The Hall–Kier alpha value is -0.470. The van der Waals surface area contributed by atoms with Gasteiger partial charge in [-0.25, -0.2) is 0 Å². The monoisotopic (exact) mass is 332 g/mol. The second kappa shape index (κ2) is 8.81. The molecule has 0 radical (unpaired) electrons. The lowest BCUT2D eigenvalue weighted by Gasteiger charge is -1.93. The normalized spacial score (nSPS) is 8.00. The summed E-state index contributed by atoms with van der Waals surface area (Å²) in [6.07, 6.45) is 0. The van der Waals surface area contributed by atoms with Crippen molar-refractivity contribution in [3.63, 3.8) is 0 Å². The number of carbonyl (C=O) groups is 1. The van der Waals surface area contributed by atoms with Crippen LogP contribution in [-0.2, 0) is 0 Å². The number of hydrogen-bond donors (Lipinski definition) is 0. The van der Waals surface area contributed by atoms with Gasteiger partial charge in [-0.3, -0.25) is 4.79 Å². The average molecular weight is 332 g/mol. The molecule has 0 atom stereocenters. The van der Waals surface area contributed by atoms with E-state index in [1.807, 2.05) is 54.1 Å². The fraction of sp³-hybridized carbons (Fsp3) is 0.250. The summed E-state index contributed by atoms with van der Waals surface area (Å²) in [6.45, 7) is 5.99. The average Bonchev–Trinajstić information content (AvgIpc) is 2.29. The van der Waals surface area contributed by atoms with Crippen molar-refractivity contribution in [2.24, 2.45) is 0 Å². The van der Waals surface area contributed by atoms with Crippen molar-refractivity contribution in [1.29, 1.82) is 0 Å². The van der Waals surface area contributed by atoms with E-state index < -0.39 is 0 Å². The summed E-state index contributed by atoms with van der Waals surface area (Å²) in [5, 5.41) is 2.66. The van der Waals surface area contributed by atoms with E-state index in [0.29, 0.717) is 5.56 Å². The molecular weight excluding hydrogens is 319 g/mol. The van der Waals surface area contributed by atoms with E-state index in [1.165, 1.54) is 8.93 Å². The first-order valence-corrected chi connectivity index (χ1v) is 7.99. The van der Waals surface area contributed by atoms with E-state index in [2.05, 4.69) is 11.2 Å². The topological polar surface area (TPSA) is 17.1 Å². The van der Waals surface area contributed by atoms with Crippen LogP contribution in [0.3, 0.4) is 0 Å². The van der Waals surface area contributed by atoms with E-state index in [1.54, 1.807) is 12.1 Å². The molecule has 0 aliphatic rings. The van der Waals surface area contributed by atoms with E-state index in [9.17, 15) is 4.79 Å². The summed E-state index contributed by atoms with van der Waals surface area (Å²) >= 11 is 2.04. The van der Waals surface area contributed by atoms with Crippen molar-refractivity contribution in [2.45, 2.75) is 20.8 Å². The van der Waals surface area contributed by atoms with Crippen LogP contribution in [0.1, 0.15) is 29.8 Å². The van der Waals surface area contributed by atoms with E-state index in [4.69, 9.17) is 0 Å². The number of benzene rings is 1. The van der Waals surface area contributed by atoms with Crippen LogP contribution in [0.4, 0.5) is 0 Å². The highest BCUT2D eigenvalue weighted by atomic mass is 127. The van der Waals surface area contributed by atoms with Gasteiger partial charge in [0.1, 0.15) is 0 Å². The Bertz CT molecular complexity index is 359. The molecule has 0 saturated heterocycles. The molecule has 0 fully saturated rings. The number of carbonyl (C=O) groups excluding carboxylic acids is 1. The van der Waals surface area contributed by atoms with Crippen LogP contribution in [0, 0.1) is 18.1 Å². The molecule has 0 N–H and O–H groups in total. The molecule has 0 amide bonds. The molecular formula is C12H13IOS. The van der Waals surface area contributed by atoms with Crippen molar-refractivity contribution in [3.8, 4) is 11.2 Å². The fourth-order valence-corrected chi connectivity index (χ4v) is 1.30. The van der Waals surface area contributed by atoms with Gasteiger partial charge in [0.15, 0.2) is 0 Å². The highest BCUT2D eigenvalue weighted by molar-refractivity contribution is 14.2. The smallest absolute Gasteiger partial charge is 0.236 e. The lowest BCUT2D eigenvalue weighted by molar-refractivity contribution is 0.105. The van der Waals surface area contributed by atoms with Gasteiger partial charge in [-0.05, 0) is 27.0 Å². The maximum absolute atomic E-state index is 11.3. The molecule has 1 aromatic rings. The Morgan fingerprint density at radius 2 is 1.80 bits per heavy atom. The molecule has 15 heavy (non-hydrogen) atoms. The molecule has 0 aromatic heterocycles. The summed E-state index contributed by atoms with van der Waals surface area (Å²) in [5.41, 5.74) is 1.80. The van der Waals surface area contributed by atoms with E-state index in [0.717, 1.165) is 5.56 Å². The zero-order valence-corrected chi connectivity index (χ0v) is 12.0. The third kappa shape index (κ3) is 5.85. The predicted molar refractivity (Wildman–Crippen MR) is 76.2 cm³/mol. The van der Waals surface area contributed by atoms with Crippen molar-refractivity contribution in [3.05, 3.63) is 35.4 Å². The zero-order chi connectivity index (χ0) is 11.7. The van der Waals surface area contributed by atoms with Gasteiger partial charge in [0.25, 0.3) is 0 Å². The fourth-order valence-electron chi connectivity index (χ4n) is 0.843. The molecule has 0 heterocycles. The minimum absolute atomic E-state index is 0.121. The van der Waals surface area contributed by atoms with Gasteiger partial charge < -0.3 is 0 Å². The zero-order valence-electron chi connectivity index (χ0n) is 9.00. The maximum Gasteiger partial charge on any atom is 0.236 e. The predicted octanol–water partition coefficient (Wildman–Crippen LogP) is 4.25. The molecule has 0 unspecified atom stereocenters. The number of halogens is 1. The SMILES string of the molecule is CC.Cc1ccc(C(=O)C#CSI)cc1. The molecule has 1 rings (SSSR count). The Kier molecular flexibility index (Phi) is 8.53. The summed E-state index contributed by atoms with van der Waals surface area (Å²) in [5.74, 6) is 2.41. The largest absolute Gasteiger partial charge is 0.279 e. The van der Waals surface area contributed by atoms with E-state index in [-0.39, 0.29) is 5.78 Å². The number of Topliss-reactive ketones (excluding diaryl/α,β-unsaturated/α-hetero) is 1. The molecule has 3 heteroatoms. The van der Waals surface area contributed by atoms with Crippen molar-refractivity contribution in [2.75, 3.05) is 0 Å². The summed E-state index contributed by atoms with van der Waals surface area (Å²) in [4.78, 5) is 11.3. The first-order valence-electron chi connectivity index (χ1n) is 4.63. The molecule has 0 spiro atoms. The van der Waals surface area contributed by atoms with Gasteiger partial charge in [0, 0.05) is 26.8 Å². The molecule has 1 nitrogen and oxygen atoms in total. The number of aryl methyl sites for hydroxylation is 1. The Morgan fingerprint density at radius 1 is 1.27 bits per heavy atom. The third-order valence-electron chi connectivity index (χ3n) is 1.52. The van der Waals surface area contributed by atoms with Gasteiger partial charge >= 0.3 is 0 Å². The van der Waals surface area contributed by atoms with Crippen LogP contribution in [0.25, 0.3) is 0 Å². The number of ketones is 1. The molecule has 0 bridgehead atoms. The Balaban J connectivity index is 0.000000921. The van der Waals surface area contributed by atoms with Gasteiger partial charge in [-0.15, -0.1) is 0 Å². The highest BCUT2D eigenvalue weighted by Gasteiger charge is 1.99. The minimum atomic E-state index is -0.121. The van der Waals surface area contributed by atoms with Crippen LogP contribution in [0.15, 0.2) is 24.3 Å². The summed E-state index contributed by atoms with van der Waals surface area (Å²) < 4.78 is 0. The molecule has 1 aromatic carbocycles. The molecule has 0 saturated carbocycles. The lowest BCUT2D eigenvalue weighted by atomic mass is 10.1. The number of rotatable bonds is 1. The Morgan fingerprint density at radius 3 is 2.27 bits per heavy atom. The number of hydrogen-bond acceptors (Lipinski definition) is 2. The van der Waals surface area contributed by atoms with E-state index >= 15 is 0 Å². The van der Waals surface area contributed by atoms with Gasteiger partial charge in [-0.2, -0.15) is 0 Å². The maximum atomic E-state index is 11.3. The van der Waals surface area contributed by atoms with Crippen molar-refractivity contribution < 1.29 is 4.79 Å². The van der Waals surface area contributed by atoms with Gasteiger partial charge in [0.05, 0.1) is 0 Å². The molecule has 0 aliphatic heterocycles. The third-order valence-corrected chi connectivity index (χ3v) is 2.36. The van der Waals surface area contributed by atoms with Crippen molar-refractivity contribution >= 4 is 35.9 Å². The first-order chi connectivity index (χ1) is 7.24. The lowest BCUT2D eigenvalue weighted by Crippen LogP contribution is -1.93. The second-order valence-electron chi connectivity index (χ2n) is 2.50. The molecule has 0 aliphatic carbocycles. The summed E-state index contributed by atoms with van der Waals surface area (Å²) in [6, 6.07) is 7.41. The van der Waals surface area contributed by atoms with Crippen LogP contribution in [0.2, 0.25) is 0 Å². The van der Waals surface area contributed by atoms with Crippen molar-refractivity contribution in [1.82, 2.24) is 0 Å². The van der Waals surface area contributed by atoms with Crippen LogP contribution >= 0.6 is 30.1 Å².